The van der Waals surface area contributed by atoms with Gasteiger partial charge in [0.15, 0.2) is 0 Å². The number of aliphatic carboxylic acids is 1. The fourth-order valence-corrected chi connectivity index (χ4v) is 2.52. The molecule has 2 aromatic rings. The molecule has 0 spiro atoms. The first-order valence-corrected chi connectivity index (χ1v) is 6.89. The zero-order valence-corrected chi connectivity index (χ0v) is 11.6. The summed E-state index contributed by atoms with van der Waals surface area (Å²) in [6.07, 6.45) is 3.80. The molecule has 0 aliphatic carbocycles. The third kappa shape index (κ3) is 4.22. The van der Waals surface area contributed by atoms with Gasteiger partial charge in [-0.15, -0.1) is 11.8 Å². The van der Waals surface area contributed by atoms with Crippen molar-refractivity contribution in [3.05, 3.63) is 64.1 Å². The van der Waals surface area contributed by atoms with Gasteiger partial charge in [-0.25, -0.2) is 4.79 Å². The number of carboxylic acid groups (broad SMARTS) is 1. The fraction of sp³-hybridized carbons (Fsp3) is 0.0714. The SMILES string of the molecule is O=C(O)/C=C\c1ccc(SCc2ccco2)c([N+](=O)[O-])c1. The highest BCUT2D eigenvalue weighted by Gasteiger charge is 2.15. The first kappa shape index (κ1) is 14.9. The summed E-state index contributed by atoms with van der Waals surface area (Å²) < 4.78 is 5.18. The highest BCUT2D eigenvalue weighted by Crippen LogP contribution is 2.32. The number of thioether (sulfide) groups is 1. The molecular weight excluding hydrogens is 294 g/mol. The molecule has 6 nitrogen and oxygen atoms in total. The van der Waals surface area contributed by atoms with Crippen LogP contribution in [-0.2, 0) is 10.5 Å². The number of rotatable bonds is 6. The molecule has 0 amide bonds. The standard InChI is InChI=1S/C14H11NO5S/c16-14(17)6-4-10-3-5-13(12(8-10)15(18)19)21-9-11-2-1-7-20-11/h1-8H,9H2,(H,16,17)/b6-4-. The first-order valence-electron chi connectivity index (χ1n) is 5.91. The second-order valence-electron chi connectivity index (χ2n) is 4.02. The van der Waals surface area contributed by atoms with Crippen LogP contribution < -0.4 is 0 Å². The Hall–Kier alpha value is -2.54. The van der Waals surface area contributed by atoms with E-state index in [4.69, 9.17) is 9.52 Å². The molecular formula is C14H11NO5S. The topological polar surface area (TPSA) is 93.6 Å². The summed E-state index contributed by atoms with van der Waals surface area (Å²) in [5.41, 5.74) is 0.408. The van der Waals surface area contributed by atoms with E-state index in [1.54, 1.807) is 30.5 Å². The lowest BCUT2D eigenvalue weighted by Gasteiger charge is -2.03. The van der Waals surface area contributed by atoms with Gasteiger partial charge < -0.3 is 9.52 Å². The average molecular weight is 305 g/mol. The van der Waals surface area contributed by atoms with E-state index in [1.165, 1.54) is 23.9 Å². The second-order valence-corrected chi connectivity index (χ2v) is 5.04. The Bertz CT molecular complexity index is 679. The molecule has 1 N–H and O–H groups in total. The molecule has 7 heteroatoms. The molecule has 1 heterocycles. The molecule has 0 saturated carbocycles. The first-order chi connectivity index (χ1) is 10.1. The van der Waals surface area contributed by atoms with Gasteiger partial charge in [0.1, 0.15) is 5.76 Å². The van der Waals surface area contributed by atoms with E-state index in [1.807, 2.05) is 0 Å². The van der Waals surface area contributed by atoms with Crippen molar-refractivity contribution in [2.75, 3.05) is 0 Å². The number of furan rings is 1. The van der Waals surface area contributed by atoms with Crippen molar-refractivity contribution in [1.29, 1.82) is 0 Å². The van der Waals surface area contributed by atoms with Crippen LogP contribution in [-0.4, -0.2) is 16.0 Å². The fourth-order valence-electron chi connectivity index (χ4n) is 1.61. The molecule has 0 aliphatic heterocycles. The molecule has 0 saturated heterocycles. The molecule has 1 aromatic heterocycles. The van der Waals surface area contributed by atoms with Crippen LogP contribution in [0.5, 0.6) is 0 Å². The summed E-state index contributed by atoms with van der Waals surface area (Å²) in [6.45, 7) is 0. The van der Waals surface area contributed by atoms with Crippen LogP contribution in [0.2, 0.25) is 0 Å². The van der Waals surface area contributed by atoms with Gasteiger partial charge in [-0.1, -0.05) is 6.07 Å². The zero-order chi connectivity index (χ0) is 15.2. The minimum atomic E-state index is -1.10. The molecule has 0 radical (unpaired) electrons. The summed E-state index contributed by atoms with van der Waals surface area (Å²) >= 11 is 1.29. The van der Waals surface area contributed by atoms with E-state index in [0.29, 0.717) is 16.2 Å². The van der Waals surface area contributed by atoms with Crippen LogP contribution >= 0.6 is 11.8 Å². The minimum Gasteiger partial charge on any atom is -0.478 e. The van der Waals surface area contributed by atoms with Crippen LogP contribution in [0, 0.1) is 10.1 Å². The highest BCUT2D eigenvalue weighted by atomic mass is 32.2. The maximum absolute atomic E-state index is 11.1. The molecule has 0 atom stereocenters. The molecule has 2 rings (SSSR count). The van der Waals surface area contributed by atoms with Gasteiger partial charge in [-0.2, -0.15) is 0 Å². The van der Waals surface area contributed by atoms with Gasteiger partial charge in [0.25, 0.3) is 5.69 Å². The van der Waals surface area contributed by atoms with Gasteiger partial charge in [-0.3, -0.25) is 10.1 Å². The maximum atomic E-state index is 11.1. The van der Waals surface area contributed by atoms with Crippen LogP contribution in [0.3, 0.4) is 0 Å². The Kier molecular flexibility index (Phi) is 4.78. The number of hydrogen-bond acceptors (Lipinski definition) is 5. The summed E-state index contributed by atoms with van der Waals surface area (Å²) in [5, 5.41) is 19.7. The summed E-state index contributed by atoms with van der Waals surface area (Å²) in [4.78, 5) is 21.6. The lowest BCUT2D eigenvalue weighted by atomic mass is 10.2. The normalized spacial score (nSPS) is 10.9. The Morgan fingerprint density at radius 1 is 1.43 bits per heavy atom. The van der Waals surface area contributed by atoms with Crippen LogP contribution in [0.4, 0.5) is 5.69 Å². The van der Waals surface area contributed by atoms with Crippen LogP contribution in [0.25, 0.3) is 6.08 Å². The van der Waals surface area contributed by atoms with Crippen molar-refractivity contribution in [3.63, 3.8) is 0 Å². The molecule has 0 aliphatic rings. The lowest BCUT2D eigenvalue weighted by Crippen LogP contribution is -1.92. The number of nitro benzene ring substituents is 1. The van der Waals surface area contributed by atoms with E-state index < -0.39 is 10.9 Å². The molecule has 1 aromatic carbocycles. The van der Waals surface area contributed by atoms with E-state index in [-0.39, 0.29) is 5.69 Å². The number of hydrogen-bond donors (Lipinski definition) is 1. The molecule has 108 valence electrons. The third-order valence-corrected chi connectivity index (χ3v) is 3.63. The molecule has 0 fully saturated rings. The lowest BCUT2D eigenvalue weighted by molar-refractivity contribution is -0.387. The Balaban J connectivity index is 2.20. The van der Waals surface area contributed by atoms with Crippen molar-refractivity contribution in [3.8, 4) is 0 Å². The van der Waals surface area contributed by atoms with E-state index >= 15 is 0 Å². The molecule has 21 heavy (non-hydrogen) atoms. The predicted octanol–water partition coefficient (Wildman–Crippen LogP) is 3.58. The predicted molar refractivity (Wildman–Crippen MR) is 78.0 cm³/mol. The number of carbonyl (C=O) groups is 1. The number of benzene rings is 1. The molecule has 0 unspecified atom stereocenters. The minimum absolute atomic E-state index is 0.0564. The van der Waals surface area contributed by atoms with E-state index in [2.05, 4.69) is 0 Å². The van der Waals surface area contributed by atoms with Crippen molar-refractivity contribution in [2.45, 2.75) is 10.6 Å². The summed E-state index contributed by atoms with van der Waals surface area (Å²) in [6, 6.07) is 8.14. The zero-order valence-electron chi connectivity index (χ0n) is 10.8. The van der Waals surface area contributed by atoms with E-state index in [0.717, 1.165) is 11.8 Å². The van der Waals surface area contributed by atoms with Gasteiger partial charge in [-0.05, 0) is 29.8 Å². The van der Waals surface area contributed by atoms with Crippen LogP contribution in [0.1, 0.15) is 11.3 Å². The third-order valence-electron chi connectivity index (χ3n) is 2.55. The van der Waals surface area contributed by atoms with Gasteiger partial charge >= 0.3 is 5.97 Å². The second kappa shape index (κ2) is 6.76. The number of nitrogens with zero attached hydrogens (tertiary/aromatic N) is 1. The van der Waals surface area contributed by atoms with Crippen molar-refractivity contribution < 1.29 is 19.2 Å². The molecule has 0 bridgehead atoms. The van der Waals surface area contributed by atoms with Gasteiger partial charge in [0, 0.05) is 12.1 Å². The van der Waals surface area contributed by atoms with Crippen molar-refractivity contribution in [2.24, 2.45) is 0 Å². The maximum Gasteiger partial charge on any atom is 0.328 e. The van der Waals surface area contributed by atoms with E-state index in [9.17, 15) is 14.9 Å². The summed E-state index contributed by atoms with van der Waals surface area (Å²) in [7, 11) is 0. The number of nitro groups is 1. The Labute approximate surface area is 124 Å². The number of carboxylic acids is 1. The Morgan fingerprint density at radius 3 is 2.86 bits per heavy atom. The quantitative estimate of drug-likeness (QED) is 0.379. The average Bonchev–Trinajstić information content (AvgIpc) is 2.96. The highest BCUT2D eigenvalue weighted by molar-refractivity contribution is 7.98. The summed E-state index contributed by atoms with van der Waals surface area (Å²) in [5.74, 6) is 0.107. The van der Waals surface area contributed by atoms with Crippen molar-refractivity contribution in [1.82, 2.24) is 0 Å². The Morgan fingerprint density at radius 2 is 2.24 bits per heavy atom. The smallest absolute Gasteiger partial charge is 0.328 e. The largest absolute Gasteiger partial charge is 0.478 e. The van der Waals surface area contributed by atoms with Gasteiger partial charge in [0.05, 0.1) is 21.8 Å². The van der Waals surface area contributed by atoms with Crippen LogP contribution in [0.15, 0.2) is 52.0 Å². The van der Waals surface area contributed by atoms with Gasteiger partial charge in [0.2, 0.25) is 0 Å². The monoisotopic (exact) mass is 305 g/mol. The van der Waals surface area contributed by atoms with Crippen molar-refractivity contribution >= 4 is 29.5 Å².